The number of Topliss-reactive ketones (excluding diaryl/α,β-unsaturated/α-hetero) is 1. The van der Waals surface area contributed by atoms with Crippen molar-refractivity contribution < 1.29 is 9.59 Å². The maximum absolute atomic E-state index is 12.2. The Labute approximate surface area is 145 Å². The molecule has 128 valence electrons. The van der Waals surface area contributed by atoms with Gasteiger partial charge in [-0.2, -0.15) is 5.26 Å². The van der Waals surface area contributed by atoms with Crippen LogP contribution in [0, 0.1) is 24.2 Å². The van der Waals surface area contributed by atoms with E-state index in [0.717, 1.165) is 11.1 Å². The Morgan fingerprint density at radius 2 is 1.92 bits per heavy atom. The highest BCUT2D eigenvalue weighted by molar-refractivity contribution is 6.03. The van der Waals surface area contributed by atoms with Crippen LogP contribution < -0.4 is 10.9 Å². The highest BCUT2D eigenvalue weighted by atomic mass is 16.2. The number of nitrogens with zero attached hydrogens (tertiary/aromatic N) is 2. The van der Waals surface area contributed by atoms with E-state index in [4.69, 9.17) is 5.26 Å². The van der Waals surface area contributed by atoms with Gasteiger partial charge in [0.2, 0.25) is 5.91 Å². The molecule has 2 aromatic rings. The number of carbonyl (C=O) groups excluding carboxylic acids is 2. The van der Waals surface area contributed by atoms with Crippen LogP contribution in [0.25, 0.3) is 0 Å². The van der Waals surface area contributed by atoms with Crippen molar-refractivity contribution in [3.8, 4) is 6.07 Å². The quantitative estimate of drug-likeness (QED) is 0.776. The number of nitriles is 1. The van der Waals surface area contributed by atoms with Crippen LogP contribution in [0.5, 0.6) is 0 Å². The molecule has 0 radical (unpaired) electrons. The van der Waals surface area contributed by atoms with Crippen LogP contribution in [0.3, 0.4) is 0 Å². The van der Waals surface area contributed by atoms with E-state index < -0.39 is 17.6 Å². The van der Waals surface area contributed by atoms with Gasteiger partial charge in [0.15, 0.2) is 11.7 Å². The summed E-state index contributed by atoms with van der Waals surface area (Å²) >= 11 is 0. The zero-order valence-corrected chi connectivity index (χ0v) is 13.9. The molecular formula is C19H19N3O3. The summed E-state index contributed by atoms with van der Waals surface area (Å²) in [5.74, 6) is -2.49. The Balaban J connectivity index is 1.91. The maximum atomic E-state index is 12.2. The molecule has 6 heteroatoms. The fourth-order valence-electron chi connectivity index (χ4n) is 2.29. The van der Waals surface area contributed by atoms with Crippen LogP contribution in [0.2, 0.25) is 0 Å². The van der Waals surface area contributed by atoms with Gasteiger partial charge in [0.05, 0.1) is 6.07 Å². The van der Waals surface area contributed by atoms with Gasteiger partial charge in [-0.25, -0.2) is 0 Å². The van der Waals surface area contributed by atoms with Crippen molar-refractivity contribution in [3.05, 3.63) is 70.1 Å². The summed E-state index contributed by atoms with van der Waals surface area (Å²) in [4.78, 5) is 35.9. The summed E-state index contributed by atoms with van der Waals surface area (Å²) in [6.07, 6.45) is 1.51. The Kier molecular flexibility index (Phi) is 6.24. The van der Waals surface area contributed by atoms with Gasteiger partial charge in [-0.05, 0) is 18.6 Å². The van der Waals surface area contributed by atoms with Gasteiger partial charge in [0.1, 0.15) is 0 Å². The molecule has 0 saturated carbocycles. The fraction of sp³-hybridized carbons (Fsp3) is 0.263. The summed E-state index contributed by atoms with van der Waals surface area (Å²) < 4.78 is 1.37. The Bertz CT molecular complexity index is 847. The number of hydrogen-bond acceptors (Lipinski definition) is 4. The van der Waals surface area contributed by atoms with Gasteiger partial charge in [-0.15, -0.1) is 0 Å². The molecule has 0 aliphatic carbocycles. The molecule has 25 heavy (non-hydrogen) atoms. The fourth-order valence-corrected chi connectivity index (χ4v) is 2.29. The number of aromatic nitrogens is 1. The third-order valence-corrected chi connectivity index (χ3v) is 3.80. The number of hydrogen-bond donors (Lipinski definition) is 1. The van der Waals surface area contributed by atoms with Crippen LogP contribution in [-0.2, 0) is 22.7 Å². The molecular weight excluding hydrogens is 318 g/mol. The van der Waals surface area contributed by atoms with Crippen molar-refractivity contribution in [2.75, 3.05) is 0 Å². The summed E-state index contributed by atoms with van der Waals surface area (Å²) in [5.41, 5.74) is 1.77. The number of benzene rings is 1. The molecule has 0 fully saturated rings. The summed E-state index contributed by atoms with van der Waals surface area (Å²) in [7, 11) is 0. The van der Waals surface area contributed by atoms with Crippen LogP contribution in [0.15, 0.2) is 53.5 Å². The Morgan fingerprint density at radius 1 is 1.20 bits per heavy atom. The second kappa shape index (κ2) is 8.60. The Hall–Kier alpha value is -3.20. The van der Waals surface area contributed by atoms with E-state index in [1.54, 1.807) is 24.4 Å². The minimum atomic E-state index is -1.37. The molecule has 6 nitrogen and oxygen atoms in total. The standard InChI is InChI=1S/C19H19N3O3/c1-14-5-7-15(8-6-14)13-21-19(25)16(12-20)17(23)9-11-22-10-3-2-4-18(22)24/h2-8,10,16H,9,11,13H2,1H3,(H,21,25)/t16-/m1/s1. The number of carbonyl (C=O) groups is 2. The third-order valence-electron chi connectivity index (χ3n) is 3.80. The molecule has 1 heterocycles. The third kappa shape index (κ3) is 5.15. The SMILES string of the molecule is Cc1ccc(CNC(=O)[C@H](C#N)C(=O)CCn2ccccc2=O)cc1. The van der Waals surface area contributed by atoms with Crippen LogP contribution >= 0.6 is 0 Å². The van der Waals surface area contributed by atoms with E-state index in [1.807, 2.05) is 31.2 Å². The number of nitrogens with one attached hydrogen (secondary N) is 1. The lowest BCUT2D eigenvalue weighted by molar-refractivity contribution is -0.131. The van der Waals surface area contributed by atoms with Crippen molar-refractivity contribution in [1.82, 2.24) is 9.88 Å². The molecule has 0 saturated heterocycles. The van der Waals surface area contributed by atoms with E-state index in [0.29, 0.717) is 0 Å². The molecule has 1 aromatic carbocycles. The first-order chi connectivity index (χ1) is 12.0. The van der Waals surface area contributed by atoms with Crippen molar-refractivity contribution in [1.29, 1.82) is 5.26 Å². The van der Waals surface area contributed by atoms with E-state index in [1.165, 1.54) is 10.6 Å². The second-order valence-corrected chi connectivity index (χ2v) is 5.71. The van der Waals surface area contributed by atoms with Crippen LogP contribution in [0.1, 0.15) is 17.5 Å². The molecule has 1 amide bonds. The molecule has 1 atom stereocenters. The predicted molar refractivity (Wildman–Crippen MR) is 92.5 cm³/mol. The van der Waals surface area contributed by atoms with Crippen molar-refractivity contribution >= 4 is 11.7 Å². The zero-order chi connectivity index (χ0) is 18.2. The van der Waals surface area contributed by atoms with Crippen molar-refractivity contribution in [3.63, 3.8) is 0 Å². The molecule has 0 unspecified atom stereocenters. The average molecular weight is 337 g/mol. The zero-order valence-electron chi connectivity index (χ0n) is 13.9. The number of amides is 1. The average Bonchev–Trinajstić information content (AvgIpc) is 2.61. The number of aryl methyl sites for hydroxylation is 2. The molecule has 1 aromatic heterocycles. The summed E-state index contributed by atoms with van der Waals surface area (Å²) in [5, 5.41) is 11.8. The van der Waals surface area contributed by atoms with Gasteiger partial charge in [-0.1, -0.05) is 35.9 Å². The monoisotopic (exact) mass is 337 g/mol. The van der Waals surface area contributed by atoms with Gasteiger partial charge in [0.25, 0.3) is 5.56 Å². The second-order valence-electron chi connectivity index (χ2n) is 5.71. The molecule has 0 spiro atoms. The number of ketones is 1. The molecule has 2 rings (SSSR count). The smallest absolute Gasteiger partial charge is 0.250 e. The van der Waals surface area contributed by atoms with Crippen molar-refractivity contribution in [2.24, 2.45) is 5.92 Å². The lowest BCUT2D eigenvalue weighted by atomic mass is 10.0. The molecule has 1 N–H and O–H groups in total. The highest BCUT2D eigenvalue weighted by Crippen LogP contribution is 2.06. The van der Waals surface area contributed by atoms with Gasteiger partial charge in [-0.3, -0.25) is 14.4 Å². The lowest BCUT2D eigenvalue weighted by Gasteiger charge is -2.10. The molecule has 0 aliphatic rings. The number of pyridine rings is 1. The topological polar surface area (TPSA) is 92.0 Å². The van der Waals surface area contributed by atoms with Crippen molar-refractivity contribution in [2.45, 2.75) is 26.4 Å². The predicted octanol–water partition coefficient (Wildman–Crippen LogP) is 1.57. The first-order valence-corrected chi connectivity index (χ1v) is 7.92. The lowest BCUT2D eigenvalue weighted by Crippen LogP contribution is -2.35. The minimum Gasteiger partial charge on any atom is -0.350 e. The van der Waals surface area contributed by atoms with Gasteiger partial charge < -0.3 is 9.88 Å². The normalized spacial score (nSPS) is 11.4. The molecule has 0 aliphatic heterocycles. The van der Waals surface area contributed by atoms with E-state index in [2.05, 4.69) is 5.32 Å². The van der Waals surface area contributed by atoms with E-state index >= 15 is 0 Å². The highest BCUT2D eigenvalue weighted by Gasteiger charge is 2.25. The first kappa shape index (κ1) is 18.1. The first-order valence-electron chi connectivity index (χ1n) is 7.92. The van der Waals surface area contributed by atoms with Crippen LogP contribution in [-0.4, -0.2) is 16.3 Å². The Morgan fingerprint density at radius 3 is 2.56 bits per heavy atom. The van der Waals surface area contributed by atoms with Gasteiger partial charge in [0, 0.05) is 31.8 Å². The minimum absolute atomic E-state index is 0.0555. The molecule has 0 bridgehead atoms. The number of rotatable bonds is 7. The van der Waals surface area contributed by atoms with Crippen LogP contribution in [0.4, 0.5) is 0 Å². The van der Waals surface area contributed by atoms with E-state index in [9.17, 15) is 14.4 Å². The maximum Gasteiger partial charge on any atom is 0.250 e. The largest absolute Gasteiger partial charge is 0.350 e. The summed E-state index contributed by atoms with van der Waals surface area (Å²) in [6.45, 7) is 2.36. The van der Waals surface area contributed by atoms with Gasteiger partial charge >= 0.3 is 0 Å². The van der Waals surface area contributed by atoms with E-state index in [-0.39, 0.29) is 25.1 Å². The summed E-state index contributed by atoms with van der Waals surface area (Å²) in [6, 6.07) is 14.0.